The number of carbonyl (C=O) groups is 2. The van der Waals surface area contributed by atoms with Gasteiger partial charge in [0, 0.05) is 55.8 Å². The van der Waals surface area contributed by atoms with Gasteiger partial charge >= 0.3 is 0 Å². The largest absolute Gasteiger partial charge is 0.351 e. The average Bonchev–Trinajstić information content (AvgIpc) is 3.05. The maximum absolute atomic E-state index is 12.5. The van der Waals surface area contributed by atoms with Gasteiger partial charge in [-0.2, -0.15) is 0 Å². The molecule has 3 aromatic rings. The van der Waals surface area contributed by atoms with Gasteiger partial charge in [0.2, 0.25) is 5.91 Å². The van der Waals surface area contributed by atoms with E-state index in [1.54, 1.807) is 11.9 Å². The van der Waals surface area contributed by atoms with E-state index >= 15 is 0 Å². The van der Waals surface area contributed by atoms with Gasteiger partial charge < -0.3 is 14.8 Å². The third kappa shape index (κ3) is 3.45. The monoisotopic (exact) mass is 361 g/mol. The highest BCUT2D eigenvalue weighted by Crippen LogP contribution is 2.25. The second kappa shape index (κ2) is 6.91. The summed E-state index contributed by atoms with van der Waals surface area (Å²) >= 11 is 0. The second-order valence-electron chi connectivity index (χ2n) is 7.26. The summed E-state index contributed by atoms with van der Waals surface area (Å²) in [5.41, 5.74) is 4.05. The van der Waals surface area contributed by atoms with Crippen LogP contribution >= 0.6 is 0 Å². The lowest BCUT2D eigenvalue weighted by molar-refractivity contribution is -0.132. The van der Waals surface area contributed by atoms with Crippen LogP contribution in [0.25, 0.3) is 22.0 Å². The Hall–Kier alpha value is -3.08. The number of nitrogens with zero attached hydrogens (tertiary/aromatic N) is 2. The molecule has 0 radical (unpaired) electrons. The van der Waals surface area contributed by atoms with Gasteiger partial charge in [-0.05, 0) is 47.9 Å². The molecule has 1 aliphatic rings. The van der Waals surface area contributed by atoms with Crippen molar-refractivity contribution in [1.82, 2.24) is 14.8 Å². The van der Waals surface area contributed by atoms with Gasteiger partial charge in [0.15, 0.2) is 0 Å². The molecule has 1 aliphatic heterocycles. The predicted molar refractivity (Wildman–Crippen MR) is 106 cm³/mol. The zero-order chi connectivity index (χ0) is 19.0. The van der Waals surface area contributed by atoms with Crippen LogP contribution < -0.4 is 5.32 Å². The van der Waals surface area contributed by atoms with Crippen LogP contribution in [0.3, 0.4) is 0 Å². The van der Waals surface area contributed by atoms with Crippen molar-refractivity contribution in [3.8, 4) is 11.1 Å². The molecule has 0 bridgehead atoms. The first-order chi connectivity index (χ1) is 13.0. The summed E-state index contributed by atoms with van der Waals surface area (Å²) in [6, 6.07) is 16.2. The zero-order valence-corrected chi connectivity index (χ0v) is 15.6. The van der Waals surface area contributed by atoms with Crippen molar-refractivity contribution >= 4 is 22.7 Å². The number of rotatable bonds is 3. The van der Waals surface area contributed by atoms with Gasteiger partial charge in [-0.25, -0.2) is 0 Å². The lowest BCUT2D eigenvalue weighted by Crippen LogP contribution is -2.48. The normalized spacial score (nSPS) is 17.3. The molecule has 1 unspecified atom stereocenters. The highest BCUT2D eigenvalue weighted by Gasteiger charge is 2.24. The van der Waals surface area contributed by atoms with E-state index in [1.807, 2.05) is 31.3 Å². The molecule has 1 N–H and O–H groups in total. The van der Waals surface area contributed by atoms with E-state index in [4.69, 9.17) is 0 Å². The van der Waals surface area contributed by atoms with E-state index in [0.717, 1.165) is 11.1 Å². The van der Waals surface area contributed by atoms with E-state index in [2.05, 4.69) is 40.3 Å². The quantitative estimate of drug-likeness (QED) is 0.779. The fraction of sp³-hybridized carbons (Fsp3) is 0.273. The molecule has 0 aliphatic carbocycles. The highest BCUT2D eigenvalue weighted by atomic mass is 16.2. The van der Waals surface area contributed by atoms with Gasteiger partial charge in [-0.3, -0.25) is 9.59 Å². The van der Waals surface area contributed by atoms with Crippen LogP contribution in [-0.2, 0) is 11.8 Å². The Balaban J connectivity index is 1.47. The molecule has 4 rings (SSSR count). The molecule has 5 heteroatoms. The van der Waals surface area contributed by atoms with Crippen LogP contribution in [0.2, 0.25) is 0 Å². The molecule has 2 amide bonds. The number of likely N-dealkylation sites (tertiary alicyclic amines) is 1. The number of fused-ring (bicyclic) bond motifs is 1. The number of nitrogens with one attached hydrogen (secondary N) is 1. The molecule has 138 valence electrons. The van der Waals surface area contributed by atoms with Gasteiger partial charge in [-0.1, -0.05) is 18.2 Å². The number of hydrogen-bond acceptors (Lipinski definition) is 2. The number of piperidine rings is 1. The molecule has 2 aromatic carbocycles. The minimum absolute atomic E-state index is 0.0142. The minimum Gasteiger partial charge on any atom is -0.351 e. The van der Waals surface area contributed by atoms with Crippen LogP contribution in [-0.4, -0.2) is 40.9 Å². The highest BCUT2D eigenvalue weighted by molar-refractivity contribution is 5.95. The number of carbonyl (C=O) groups excluding carboxylic acids is 2. The molecule has 5 nitrogen and oxygen atoms in total. The molecular formula is C22H23N3O2. The molecule has 27 heavy (non-hydrogen) atoms. The third-order valence-corrected chi connectivity index (χ3v) is 5.33. The summed E-state index contributed by atoms with van der Waals surface area (Å²) in [6.07, 6.45) is 3.24. The maximum Gasteiger partial charge on any atom is 0.251 e. The number of aryl methyl sites for hydroxylation is 1. The van der Waals surface area contributed by atoms with Crippen LogP contribution in [0.5, 0.6) is 0 Å². The van der Waals surface area contributed by atoms with E-state index in [0.29, 0.717) is 24.9 Å². The molecule has 1 saturated heterocycles. The van der Waals surface area contributed by atoms with Gasteiger partial charge in [0.25, 0.3) is 5.91 Å². The van der Waals surface area contributed by atoms with E-state index < -0.39 is 0 Å². The molecule has 1 fully saturated rings. The SMILES string of the molecule is CN1CC(NC(=O)c2ccc(-c3ccc4c(ccn4C)c3)cc2)CCC1=O. The summed E-state index contributed by atoms with van der Waals surface area (Å²) in [4.78, 5) is 25.7. The van der Waals surface area contributed by atoms with Gasteiger partial charge in [0.05, 0.1) is 0 Å². The molecule has 2 heterocycles. The first-order valence-electron chi connectivity index (χ1n) is 9.21. The molecule has 0 spiro atoms. The van der Waals surface area contributed by atoms with Crippen molar-refractivity contribution in [2.45, 2.75) is 18.9 Å². The Morgan fingerprint density at radius 3 is 2.52 bits per heavy atom. The first-order valence-corrected chi connectivity index (χ1v) is 9.21. The van der Waals surface area contributed by atoms with Crippen LogP contribution in [0.1, 0.15) is 23.2 Å². The fourth-order valence-electron chi connectivity index (χ4n) is 3.67. The van der Waals surface area contributed by atoms with Crippen LogP contribution in [0.4, 0.5) is 0 Å². The fourth-order valence-corrected chi connectivity index (χ4v) is 3.67. The predicted octanol–water partition coefficient (Wildman–Crippen LogP) is 3.20. The zero-order valence-electron chi connectivity index (χ0n) is 15.6. The summed E-state index contributed by atoms with van der Waals surface area (Å²) in [7, 11) is 3.81. The van der Waals surface area contributed by atoms with E-state index in [-0.39, 0.29) is 17.9 Å². The Kier molecular flexibility index (Phi) is 4.44. The molecule has 0 saturated carbocycles. The summed E-state index contributed by atoms with van der Waals surface area (Å²) in [5, 5.41) is 4.24. The number of hydrogen-bond donors (Lipinski definition) is 1. The molecule has 1 aromatic heterocycles. The number of benzene rings is 2. The Morgan fingerprint density at radius 2 is 1.78 bits per heavy atom. The van der Waals surface area contributed by atoms with Crippen molar-refractivity contribution in [3.63, 3.8) is 0 Å². The minimum atomic E-state index is -0.0900. The van der Waals surface area contributed by atoms with Crippen molar-refractivity contribution in [3.05, 3.63) is 60.3 Å². The first kappa shape index (κ1) is 17.3. The Labute approximate surface area is 158 Å². The summed E-state index contributed by atoms with van der Waals surface area (Å²) in [6.45, 7) is 0.569. The van der Waals surface area contributed by atoms with Crippen molar-refractivity contribution in [2.75, 3.05) is 13.6 Å². The smallest absolute Gasteiger partial charge is 0.251 e. The van der Waals surface area contributed by atoms with Crippen molar-refractivity contribution < 1.29 is 9.59 Å². The van der Waals surface area contributed by atoms with Crippen LogP contribution in [0, 0.1) is 0 Å². The van der Waals surface area contributed by atoms with E-state index in [9.17, 15) is 9.59 Å². The van der Waals surface area contributed by atoms with Crippen molar-refractivity contribution in [1.29, 1.82) is 0 Å². The van der Waals surface area contributed by atoms with Gasteiger partial charge in [-0.15, -0.1) is 0 Å². The lowest BCUT2D eigenvalue weighted by atomic mass is 10.0. The summed E-state index contributed by atoms with van der Waals surface area (Å²) < 4.78 is 2.10. The lowest BCUT2D eigenvalue weighted by Gasteiger charge is -2.30. The second-order valence-corrected chi connectivity index (χ2v) is 7.26. The molecule has 1 atom stereocenters. The standard InChI is InChI=1S/C22H23N3O2/c1-24-12-11-18-13-17(7-9-20(18)24)15-3-5-16(6-4-15)22(27)23-19-8-10-21(26)25(2)14-19/h3-7,9,11-13,19H,8,10,14H2,1-2H3,(H,23,27). The maximum atomic E-state index is 12.5. The third-order valence-electron chi connectivity index (χ3n) is 5.33. The summed E-state index contributed by atoms with van der Waals surface area (Å²) in [5.74, 6) is 0.0491. The van der Waals surface area contributed by atoms with Crippen molar-refractivity contribution in [2.24, 2.45) is 7.05 Å². The average molecular weight is 361 g/mol. The Morgan fingerprint density at radius 1 is 1.04 bits per heavy atom. The Bertz CT molecular complexity index is 1000. The molecular weight excluding hydrogens is 338 g/mol. The van der Waals surface area contributed by atoms with Gasteiger partial charge in [0.1, 0.15) is 0 Å². The number of amides is 2. The number of aromatic nitrogens is 1. The number of likely N-dealkylation sites (N-methyl/N-ethyl adjacent to an activating group) is 1. The van der Waals surface area contributed by atoms with Crippen LogP contribution in [0.15, 0.2) is 54.7 Å². The topological polar surface area (TPSA) is 54.3 Å². The van der Waals surface area contributed by atoms with E-state index in [1.165, 1.54) is 10.9 Å².